The molecule has 0 saturated heterocycles. The van der Waals surface area contributed by atoms with E-state index in [4.69, 9.17) is 0 Å². The van der Waals surface area contributed by atoms with Crippen molar-refractivity contribution in [2.45, 2.75) is 25.7 Å². The van der Waals surface area contributed by atoms with Gasteiger partial charge in [-0.05, 0) is 37.5 Å². The molecule has 0 nitrogen and oxygen atoms in total. The van der Waals surface area contributed by atoms with E-state index in [-0.39, 0.29) is 0 Å². The summed E-state index contributed by atoms with van der Waals surface area (Å²) in [4.78, 5) is 0. The van der Waals surface area contributed by atoms with Crippen LogP contribution in [0.4, 0.5) is 0 Å². The Labute approximate surface area is 62.6 Å². The third kappa shape index (κ3) is 0.828. The minimum Gasteiger partial charge on any atom is -0.103 e. The monoisotopic (exact) mass is 134 g/mol. The summed E-state index contributed by atoms with van der Waals surface area (Å²) in [5.41, 5.74) is 1.67. The standard InChI is InChI=1S/C10H14/c1-2-3-9-6-8-4-5-10(9)7-8/h2,6,8,10H,1,3-5,7H2. The van der Waals surface area contributed by atoms with Gasteiger partial charge in [-0.1, -0.05) is 17.7 Å². The molecule has 1 fully saturated rings. The molecule has 1 saturated carbocycles. The molecule has 2 atom stereocenters. The van der Waals surface area contributed by atoms with Gasteiger partial charge in [-0.2, -0.15) is 0 Å². The van der Waals surface area contributed by atoms with Crippen molar-refractivity contribution < 1.29 is 0 Å². The minimum absolute atomic E-state index is 0.944. The SMILES string of the molecule is C=CCC1=CC2CCC1C2. The molecule has 2 bridgehead atoms. The molecule has 0 amide bonds. The molecule has 10 heavy (non-hydrogen) atoms. The molecule has 2 rings (SSSR count). The Bertz CT molecular complexity index is 176. The van der Waals surface area contributed by atoms with Crippen molar-refractivity contribution in [1.82, 2.24) is 0 Å². The van der Waals surface area contributed by atoms with Gasteiger partial charge in [0.15, 0.2) is 0 Å². The molecule has 2 aliphatic rings. The Morgan fingerprint density at radius 3 is 3.00 bits per heavy atom. The van der Waals surface area contributed by atoms with Crippen molar-refractivity contribution in [3.63, 3.8) is 0 Å². The van der Waals surface area contributed by atoms with Gasteiger partial charge in [0, 0.05) is 0 Å². The third-order valence-corrected chi connectivity index (χ3v) is 2.83. The minimum atomic E-state index is 0.944. The van der Waals surface area contributed by atoms with Crippen LogP contribution in [0.15, 0.2) is 24.3 Å². The molecule has 2 unspecified atom stereocenters. The second kappa shape index (κ2) is 2.26. The molecular formula is C10H14. The summed E-state index contributed by atoms with van der Waals surface area (Å²) in [5, 5.41) is 0. The lowest BCUT2D eigenvalue weighted by Gasteiger charge is -2.09. The summed E-state index contributed by atoms with van der Waals surface area (Å²) in [6.45, 7) is 3.77. The maximum Gasteiger partial charge on any atom is -0.0139 e. The molecular weight excluding hydrogens is 120 g/mol. The van der Waals surface area contributed by atoms with E-state index in [1.807, 2.05) is 6.08 Å². The Balaban J connectivity index is 2.10. The van der Waals surface area contributed by atoms with Crippen LogP contribution < -0.4 is 0 Å². The average molecular weight is 134 g/mol. The van der Waals surface area contributed by atoms with Crippen LogP contribution in [-0.4, -0.2) is 0 Å². The van der Waals surface area contributed by atoms with Gasteiger partial charge in [0.25, 0.3) is 0 Å². The van der Waals surface area contributed by atoms with Gasteiger partial charge in [-0.3, -0.25) is 0 Å². The second-order valence-electron chi connectivity index (χ2n) is 3.50. The van der Waals surface area contributed by atoms with Crippen molar-refractivity contribution in [2.24, 2.45) is 11.8 Å². The van der Waals surface area contributed by atoms with E-state index < -0.39 is 0 Å². The number of fused-ring (bicyclic) bond motifs is 2. The molecule has 0 aliphatic heterocycles. The molecule has 0 heterocycles. The molecule has 0 radical (unpaired) electrons. The van der Waals surface area contributed by atoms with E-state index in [1.165, 1.54) is 19.3 Å². The summed E-state index contributed by atoms with van der Waals surface area (Å²) in [7, 11) is 0. The molecule has 0 heteroatoms. The summed E-state index contributed by atoms with van der Waals surface area (Å²) >= 11 is 0. The van der Waals surface area contributed by atoms with Gasteiger partial charge in [0.2, 0.25) is 0 Å². The normalized spacial score (nSPS) is 36.2. The lowest BCUT2D eigenvalue weighted by Crippen LogP contribution is -1.95. The topological polar surface area (TPSA) is 0 Å². The van der Waals surface area contributed by atoms with Gasteiger partial charge in [-0.15, -0.1) is 6.58 Å². The smallest absolute Gasteiger partial charge is 0.0139 e. The van der Waals surface area contributed by atoms with Crippen LogP contribution in [0.25, 0.3) is 0 Å². The van der Waals surface area contributed by atoms with Crippen molar-refractivity contribution >= 4 is 0 Å². The fourth-order valence-corrected chi connectivity index (χ4v) is 2.34. The quantitative estimate of drug-likeness (QED) is 0.509. The van der Waals surface area contributed by atoms with E-state index in [0.29, 0.717) is 0 Å². The Hall–Kier alpha value is -0.520. The molecule has 0 aromatic carbocycles. The maximum atomic E-state index is 3.77. The fraction of sp³-hybridized carbons (Fsp3) is 0.600. The van der Waals surface area contributed by atoms with E-state index in [9.17, 15) is 0 Å². The largest absolute Gasteiger partial charge is 0.103 e. The van der Waals surface area contributed by atoms with E-state index in [0.717, 1.165) is 18.3 Å². The molecule has 0 spiro atoms. The molecule has 54 valence electrons. The second-order valence-corrected chi connectivity index (χ2v) is 3.50. The number of allylic oxidation sites excluding steroid dienone is 3. The highest BCUT2D eigenvalue weighted by Gasteiger charge is 2.31. The predicted molar refractivity (Wildman–Crippen MR) is 43.7 cm³/mol. The zero-order valence-electron chi connectivity index (χ0n) is 6.34. The highest BCUT2D eigenvalue weighted by Crippen LogP contribution is 2.44. The molecule has 0 aromatic rings. The first-order chi connectivity index (χ1) is 4.90. The van der Waals surface area contributed by atoms with Crippen LogP contribution >= 0.6 is 0 Å². The van der Waals surface area contributed by atoms with Gasteiger partial charge in [0.1, 0.15) is 0 Å². The first kappa shape index (κ1) is 6.21. The number of hydrogen-bond acceptors (Lipinski definition) is 0. The van der Waals surface area contributed by atoms with Crippen LogP contribution in [0.5, 0.6) is 0 Å². The summed E-state index contributed by atoms with van der Waals surface area (Å²) < 4.78 is 0. The summed E-state index contributed by atoms with van der Waals surface area (Å²) in [6.07, 6.45) is 10.0. The lowest BCUT2D eigenvalue weighted by atomic mass is 9.96. The van der Waals surface area contributed by atoms with Crippen molar-refractivity contribution in [1.29, 1.82) is 0 Å². The predicted octanol–water partition coefficient (Wildman–Crippen LogP) is 2.92. The average Bonchev–Trinajstić information content (AvgIpc) is 2.48. The van der Waals surface area contributed by atoms with Crippen LogP contribution in [-0.2, 0) is 0 Å². The van der Waals surface area contributed by atoms with Gasteiger partial charge >= 0.3 is 0 Å². The van der Waals surface area contributed by atoms with Gasteiger partial charge in [-0.25, -0.2) is 0 Å². The Morgan fingerprint density at radius 2 is 2.50 bits per heavy atom. The first-order valence-electron chi connectivity index (χ1n) is 4.21. The number of hydrogen-bond donors (Lipinski definition) is 0. The van der Waals surface area contributed by atoms with Crippen molar-refractivity contribution in [3.8, 4) is 0 Å². The zero-order valence-corrected chi connectivity index (χ0v) is 6.34. The summed E-state index contributed by atoms with van der Waals surface area (Å²) in [5.74, 6) is 1.89. The van der Waals surface area contributed by atoms with E-state index in [1.54, 1.807) is 5.57 Å². The maximum absolute atomic E-state index is 3.77. The van der Waals surface area contributed by atoms with Crippen molar-refractivity contribution in [2.75, 3.05) is 0 Å². The number of rotatable bonds is 2. The zero-order chi connectivity index (χ0) is 6.97. The summed E-state index contributed by atoms with van der Waals surface area (Å²) in [6, 6.07) is 0. The van der Waals surface area contributed by atoms with Gasteiger partial charge < -0.3 is 0 Å². The molecule has 0 N–H and O–H groups in total. The Kier molecular flexibility index (Phi) is 1.40. The third-order valence-electron chi connectivity index (χ3n) is 2.83. The molecule has 2 aliphatic carbocycles. The first-order valence-corrected chi connectivity index (χ1v) is 4.21. The highest BCUT2D eigenvalue weighted by molar-refractivity contribution is 5.21. The van der Waals surface area contributed by atoms with Crippen LogP contribution in [0.1, 0.15) is 25.7 Å². The highest BCUT2D eigenvalue weighted by atomic mass is 14.4. The molecule has 0 aromatic heterocycles. The Morgan fingerprint density at radius 1 is 1.60 bits per heavy atom. The van der Waals surface area contributed by atoms with Crippen molar-refractivity contribution in [3.05, 3.63) is 24.3 Å². The van der Waals surface area contributed by atoms with Crippen LogP contribution in [0.3, 0.4) is 0 Å². The van der Waals surface area contributed by atoms with Crippen LogP contribution in [0, 0.1) is 11.8 Å². The van der Waals surface area contributed by atoms with E-state index >= 15 is 0 Å². The lowest BCUT2D eigenvalue weighted by molar-refractivity contribution is 0.645. The van der Waals surface area contributed by atoms with Gasteiger partial charge in [0.05, 0.1) is 0 Å². The van der Waals surface area contributed by atoms with Crippen LogP contribution in [0.2, 0.25) is 0 Å². The van der Waals surface area contributed by atoms with E-state index in [2.05, 4.69) is 12.7 Å². The fourth-order valence-electron chi connectivity index (χ4n) is 2.34.